The molecule has 8 aromatic carbocycles. The van der Waals surface area contributed by atoms with Crippen molar-refractivity contribution in [3.63, 3.8) is 0 Å². The first-order valence-corrected chi connectivity index (χ1v) is 18.8. The highest BCUT2D eigenvalue weighted by Crippen LogP contribution is 2.62. The van der Waals surface area contributed by atoms with Crippen molar-refractivity contribution >= 4 is 10.8 Å². The average Bonchev–Trinajstić information content (AvgIpc) is 3.55. The van der Waals surface area contributed by atoms with Crippen molar-refractivity contribution < 1.29 is 4.74 Å². The second-order valence-corrected chi connectivity index (χ2v) is 14.4. The number of ether oxygens (including phenoxy) is 1. The lowest BCUT2D eigenvalue weighted by molar-refractivity contribution is 0.436. The number of hydrogen-bond donors (Lipinski definition) is 0. The van der Waals surface area contributed by atoms with Crippen LogP contribution in [0, 0.1) is 11.3 Å². The Kier molecular flexibility index (Phi) is 7.10. The average molecular weight is 714 g/mol. The second-order valence-electron chi connectivity index (χ2n) is 14.4. The molecule has 0 saturated carbocycles. The molecule has 4 nitrogen and oxygen atoms in total. The van der Waals surface area contributed by atoms with Gasteiger partial charge in [0, 0.05) is 33.2 Å². The van der Waals surface area contributed by atoms with Gasteiger partial charge in [0.25, 0.3) is 0 Å². The third-order valence-corrected chi connectivity index (χ3v) is 11.4. The van der Waals surface area contributed by atoms with Gasteiger partial charge in [-0.1, -0.05) is 152 Å². The van der Waals surface area contributed by atoms with Gasteiger partial charge < -0.3 is 4.74 Å². The summed E-state index contributed by atoms with van der Waals surface area (Å²) in [6.07, 6.45) is 0. The zero-order chi connectivity index (χ0) is 37.2. The summed E-state index contributed by atoms with van der Waals surface area (Å²) in [7, 11) is 0. The van der Waals surface area contributed by atoms with E-state index >= 15 is 0 Å². The van der Waals surface area contributed by atoms with E-state index in [4.69, 9.17) is 14.7 Å². The highest BCUT2D eigenvalue weighted by atomic mass is 16.5. The van der Waals surface area contributed by atoms with Gasteiger partial charge in [0.15, 0.2) is 5.82 Å². The molecule has 1 aromatic heterocycles. The second kappa shape index (κ2) is 12.5. The number of benzene rings is 8. The summed E-state index contributed by atoms with van der Waals surface area (Å²) in [5.41, 5.74) is 13.9. The monoisotopic (exact) mass is 713 g/mol. The highest BCUT2D eigenvalue weighted by Gasteiger charge is 2.51. The van der Waals surface area contributed by atoms with Crippen LogP contribution in [0.3, 0.4) is 0 Å². The fourth-order valence-electron chi connectivity index (χ4n) is 8.95. The first-order chi connectivity index (χ1) is 27.7. The van der Waals surface area contributed by atoms with Crippen LogP contribution in [0.5, 0.6) is 11.5 Å². The molecule has 0 atom stereocenters. The fourth-order valence-corrected chi connectivity index (χ4v) is 8.95. The topological polar surface area (TPSA) is 58.8 Å². The zero-order valence-electron chi connectivity index (χ0n) is 30.1. The largest absolute Gasteiger partial charge is 0.457 e. The summed E-state index contributed by atoms with van der Waals surface area (Å²) >= 11 is 0. The van der Waals surface area contributed by atoms with Crippen molar-refractivity contribution in [1.82, 2.24) is 9.97 Å². The van der Waals surface area contributed by atoms with Crippen molar-refractivity contribution in [2.24, 2.45) is 0 Å². The summed E-state index contributed by atoms with van der Waals surface area (Å²) in [6, 6.07) is 67.8. The Balaban J connectivity index is 1.19. The maximum atomic E-state index is 9.95. The van der Waals surface area contributed by atoms with Crippen LogP contribution >= 0.6 is 0 Å². The van der Waals surface area contributed by atoms with E-state index in [2.05, 4.69) is 121 Å². The number of fused-ring (bicyclic) bond motifs is 10. The number of para-hydroxylation sites is 2. The van der Waals surface area contributed by atoms with E-state index in [1.807, 2.05) is 72.8 Å². The summed E-state index contributed by atoms with van der Waals surface area (Å²) < 4.78 is 6.62. The first-order valence-electron chi connectivity index (χ1n) is 18.8. The third kappa shape index (κ3) is 4.71. The minimum absolute atomic E-state index is 0.615. The normalized spacial score (nSPS) is 12.9. The van der Waals surface area contributed by atoms with E-state index in [1.165, 1.54) is 11.1 Å². The van der Waals surface area contributed by atoms with Crippen molar-refractivity contribution in [3.8, 4) is 73.7 Å². The van der Waals surface area contributed by atoms with E-state index in [0.717, 1.165) is 83.7 Å². The smallest absolute Gasteiger partial charge is 0.160 e. The molecular weight excluding hydrogens is 683 g/mol. The van der Waals surface area contributed by atoms with Gasteiger partial charge in [0.1, 0.15) is 11.5 Å². The third-order valence-electron chi connectivity index (χ3n) is 11.4. The number of nitriles is 1. The van der Waals surface area contributed by atoms with Gasteiger partial charge in [0.05, 0.1) is 28.4 Å². The van der Waals surface area contributed by atoms with Crippen LogP contribution in [0.1, 0.15) is 27.8 Å². The molecule has 0 radical (unpaired) electrons. The fraction of sp³-hybridized carbons (Fsp3) is 0.0192. The van der Waals surface area contributed by atoms with Gasteiger partial charge in [0.2, 0.25) is 0 Å². The molecular formula is C52H31N3O. The molecule has 0 unspecified atom stereocenters. The van der Waals surface area contributed by atoms with Crippen molar-refractivity contribution in [2.75, 3.05) is 0 Å². The van der Waals surface area contributed by atoms with Crippen molar-refractivity contribution in [2.45, 2.75) is 5.41 Å². The molecule has 0 saturated heterocycles. The van der Waals surface area contributed by atoms with Crippen LogP contribution < -0.4 is 4.74 Å². The molecule has 0 amide bonds. The van der Waals surface area contributed by atoms with Crippen LogP contribution in [-0.2, 0) is 5.41 Å². The molecule has 0 N–H and O–H groups in total. The molecule has 11 rings (SSSR count). The predicted octanol–water partition coefficient (Wildman–Crippen LogP) is 12.6. The van der Waals surface area contributed by atoms with E-state index in [-0.39, 0.29) is 0 Å². The summed E-state index contributed by atoms with van der Waals surface area (Å²) in [6.45, 7) is 0. The summed E-state index contributed by atoms with van der Waals surface area (Å²) in [5, 5.41) is 12.0. The lowest BCUT2D eigenvalue weighted by Crippen LogP contribution is -2.32. The Morgan fingerprint density at radius 2 is 0.946 bits per heavy atom. The standard InChI is InChI=1S/C52H31N3O/c53-32-37-23-26-39(40-18-8-7-17-38(37)40)35-24-27-43-41(29-35)42-30-36(48-31-47(33-13-3-1-4-14-33)54-51(55-48)34-15-5-2-6-16-34)25-28-44(42)52(43)45-19-9-11-21-49(45)56-50-22-12-10-20-46(50)52/h1-31H. The van der Waals surface area contributed by atoms with E-state index in [0.29, 0.717) is 11.4 Å². The molecule has 0 fully saturated rings. The Morgan fingerprint density at radius 3 is 1.61 bits per heavy atom. The van der Waals surface area contributed by atoms with E-state index in [9.17, 15) is 5.26 Å². The molecule has 260 valence electrons. The maximum Gasteiger partial charge on any atom is 0.160 e. The van der Waals surface area contributed by atoms with Crippen LogP contribution in [0.4, 0.5) is 0 Å². The van der Waals surface area contributed by atoms with Gasteiger partial charge in [-0.25, -0.2) is 9.97 Å². The van der Waals surface area contributed by atoms with E-state index in [1.54, 1.807) is 0 Å². The van der Waals surface area contributed by atoms with Gasteiger partial charge in [-0.3, -0.25) is 0 Å². The number of rotatable bonds is 4. The first kappa shape index (κ1) is 31.9. The molecule has 56 heavy (non-hydrogen) atoms. The number of aromatic nitrogens is 2. The molecule has 9 aromatic rings. The van der Waals surface area contributed by atoms with Gasteiger partial charge in [-0.15, -0.1) is 0 Å². The highest BCUT2D eigenvalue weighted by molar-refractivity contribution is 6.01. The molecule has 2 aliphatic rings. The van der Waals surface area contributed by atoms with Crippen LogP contribution in [0.25, 0.3) is 66.9 Å². The van der Waals surface area contributed by atoms with Crippen molar-refractivity contribution in [1.29, 1.82) is 5.26 Å². The lowest BCUT2D eigenvalue weighted by Gasteiger charge is -2.39. The van der Waals surface area contributed by atoms with Crippen LogP contribution in [0.2, 0.25) is 0 Å². The minimum atomic E-state index is -0.615. The maximum absolute atomic E-state index is 9.95. The molecule has 2 heterocycles. The van der Waals surface area contributed by atoms with Crippen molar-refractivity contribution in [3.05, 3.63) is 216 Å². The minimum Gasteiger partial charge on any atom is -0.457 e. The number of hydrogen-bond acceptors (Lipinski definition) is 4. The lowest BCUT2D eigenvalue weighted by atomic mass is 9.66. The zero-order valence-corrected chi connectivity index (χ0v) is 30.1. The van der Waals surface area contributed by atoms with Gasteiger partial charge in [-0.2, -0.15) is 5.26 Å². The number of nitrogens with zero attached hydrogens (tertiary/aromatic N) is 3. The van der Waals surface area contributed by atoms with Crippen LogP contribution in [-0.4, -0.2) is 9.97 Å². The SMILES string of the molecule is N#Cc1ccc(-c2ccc3c(c2)-c2cc(-c4cc(-c5ccccc5)nc(-c5ccccc5)n4)ccc2C32c3ccccc3Oc3ccccc32)c2ccccc12. The quantitative estimate of drug-likeness (QED) is 0.182. The van der Waals surface area contributed by atoms with Gasteiger partial charge in [-0.05, 0) is 75.2 Å². The van der Waals surface area contributed by atoms with Crippen LogP contribution in [0.15, 0.2) is 188 Å². The summed E-state index contributed by atoms with van der Waals surface area (Å²) in [4.78, 5) is 10.3. The Morgan fingerprint density at radius 1 is 0.411 bits per heavy atom. The molecule has 1 spiro atoms. The summed E-state index contributed by atoms with van der Waals surface area (Å²) in [5.74, 6) is 2.39. The molecule has 0 bridgehead atoms. The Hall–Kier alpha value is -7.61. The van der Waals surface area contributed by atoms with Gasteiger partial charge >= 0.3 is 0 Å². The Bertz CT molecular complexity index is 2970. The predicted molar refractivity (Wildman–Crippen MR) is 223 cm³/mol. The molecule has 4 heteroatoms. The molecule has 1 aliphatic heterocycles. The van der Waals surface area contributed by atoms with E-state index < -0.39 is 5.41 Å². The Labute approximate surface area is 324 Å². The molecule has 1 aliphatic carbocycles.